The number of carbonyl (C=O) groups excluding carboxylic acids is 1. The highest BCUT2D eigenvalue weighted by atomic mass is 32.2. The predicted octanol–water partition coefficient (Wildman–Crippen LogP) is 4.38. The predicted molar refractivity (Wildman–Crippen MR) is 160 cm³/mol. The Morgan fingerprint density at radius 3 is 2.26 bits per heavy atom. The van der Waals surface area contributed by atoms with Crippen LogP contribution < -0.4 is 15.0 Å². The zero-order valence-electron chi connectivity index (χ0n) is 25.1. The fourth-order valence-corrected chi connectivity index (χ4v) is 5.72. The van der Waals surface area contributed by atoms with Gasteiger partial charge in [0.25, 0.3) is 0 Å². The van der Waals surface area contributed by atoms with Crippen molar-refractivity contribution in [3.8, 4) is 28.5 Å². The number of pyridine rings is 1. The van der Waals surface area contributed by atoms with Crippen LogP contribution in [0.2, 0.25) is 0 Å². The van der Waals surface area contributed by atoms with Crippen LogP contribution in [-0.4, -0.2) is 74.7 Å². The summed E-state index contributed by atoms with van der Waals surface area (Å²) >= 11 is 0. The number of halogens is 3. The minimum Gasteiger partial charge on any atom is -0.467 e. The lowest BCUT2D eigenvalue weighted by Gasteiger charge is -2.36. The number of rotatable bonds is 9. The van der Waals surface area contributed by atoms with E-state index in [1.165, 1.54) is 13.3 Å². The van der Waals surface area contributed by atoms with Crippen LogP contribution in [0, 0.1) is 0 Å². The molecule has 46 heavy (non-hydrogen) atoms. The fourth-order valence-electron chi connectivity index (χ4n) is 5.13. The summed E-state index contributed by atoms with van der Waals surface area (Å²) in [6.45, 7) is 1.76. The highest BCUT2D eigenvalue weighted by Gasteiger charge is 2.36. The second-order valence-corrected chi connectivity index (χ2v) is 12.6. The molecule has 13 nitrogen and oxygen atoms in total. The van der Waals surface area contributed by atoms with Crippen LogP contribution in [0.3, 0.4) is 0 Å². The fraction of sp³-hybridized carbons (Fsp3) is 0.379. The Morgan fingerprint density at radius 1 is 0.957 bits per heavy atom. The number of nitrogens with one attached hydrogen (secondary N) is 1. The molecule has 17 heteroatoms. The molecular weight excluding hydrogens is 627 g/mol. The summed E-state index contributed by atoms with van der Waals surface area (Å²) in [6, 6.07) is 0.960. The molecule has 0 bridgehead atoms. The number of hydrogen-bond donors (Lipinski definition) is 1. The summed E-state index contributed by atoms with van der Waals surface area (Å²) in [5.41, 5.74) is -0.551. The van der Waals surface area contributed by atoms with E-state index in [-0.39, 0.29) is 46.8 Å². The number of methoxy groups -OCH3 is 1. The van der Waals surface area contributed by atoms with Gasteiger partial charge in [-0.15, -0.1) is 0 Å². The Balaban J connectivity index is 1.31. The maximum Gasteiger partial charge on any atom is 0.419 e. The van der Waals surface area contributed by atoms with Crippen molar-refractivity contribution in [3.05, 3.63) is 55.0 Å². The number of carbonyl (C=O) groups is 1. The van der Waals surface area contributed by atoms with Crippen LogP contribution in [0.15, 0.2) is 54.3 Å². The van der Waals surface area contributed by atoms with Crippen molar-refractivity contribution in [1.82, 2.24) is 34.9 Å². The summed E-state index contributed by atoms with van der Waals surface area (Å²) in [5, 5.41) is 3.11. The van der Waals surface area contributed by atoms with Crippen molar-refractivity contribution < 1.29 is 31.1 Å². The molecular formula is C29H30F3N9O4S. The second kappa shape index (κ2) is 13.3. The lowest BCUT2D eigenvalue weighted by atomic mass is 9.90. The van der Waals surface area contributed by atoms with Crippen LogP contribution in [0.4, 0.5) is 24.9 Å². The lowest BCUT2D eigenvalue weighted by Crippen LogP contribution is -2.44. The molecule has 5 rings (SSSR count). The number of alkyl halides is 3. The van der Waals surface area contributed by atoms with Crippen molar-refractivity contribution in [3.63, 3.8) is 0 Å². The summed E-state index contributed by atoms with van der Waals surface area (Å²) in [4.78, 5) is 43.4. The minimum atomic E-state index is -4.79. The number of hydrogen-bond acceptors (Lipinski definition) is 12. The van der Waals surface area contributed by atoms with E-state index < -0.39 is 27.3 Å². The molecule has 1 aliphatic carbocycles. The van der Waals surface area contributed by atoms with Gasteiger partial charge < -0.3 is 10.1 Å². The monoisotopic (exact) mass is 657 g/mol. The zero-order valence-corrected chi connectivity index (χ0v) is 25.9. The number of nitrogens with zero attached hydrogens (tertiary/aromatic N) is 8. The van der Waals surface area contributed by atoms with Crippen molar-refractivity contribution >= 4 is 27.5 Å². The molecule has 0 aliphatic heterocycles. The molecule has 4 aromatic heterocycles. The largest absolute Gasteiger partial charge is 0.467 e. The molecule has 1 amide bonds. The molecule has 0 spiro atoms. The van der Waals surface area contributed by atoms with E-state index in [2.05, 4.69) is 40.2 Å². The summed E-state index contributed by atoms with van der Waals surface area (Å²) < 4.78 is 70.6. The minimum absolute atomic E-state index is 0.0401. The molecule has 1 saturated carbocycles. The Bertz CT molecular complexity index is 1800. The Morgan fingerprint density at radius 2 is 1.67 bits per heavy atom. The van der Waals surface area contributed by atoms with Crippen molar-refractivity contribution in [1.29, 1.82) is 0 Å². The van der Waals surface area contributed by atoms with Crippen LogP contribution in [0.1, 0.15) is 44.6 Å². The van der Waals surface area contributed by atoms with Crippen LogP contribution >= 0.6 is 0 Å². The molecule has 1 aliphatic rings. The van der Waals surface area contributed by atoms with Gasteiger partial charge >= 0.3 is 12.2 Å². The highest BCUT2D eigenvalue weighted by Crippen LogP contribution is 2.37. The third kappa shape index (κ3) is 7.35. The standard InChI is InChI=1S/C29H30F3N9O4S/c1-4-25(42)41(24-16-34-23(15-35-24)18-11-37-28(45-2)38-12-18)20-7-5-19(6-8-20)39-27-36-14-22(29(30,31)32)26(40-27)17-9-21(13-33-10-17)46(3,43)44/h9-16,19-20H,4-8H2,1-3H3,(H,36,39,40). The first kappa shape index (κ1) is 32.6. The summed E-state index contributed by atoms with van der Waals surface area (Å²) in [6.07, 6.45) is 7.76. The summed E-state index contributed by atoms with van der Waals surface area (Å²) in [7, 11) is -2.25. The third-order valence-electron chi connectivity index (χ3n) is 7.47. The summed E-state index contributed by atoms with van der Waals surface area (Å²) in [5.74, 6) is 0.246. The normalized spacial score (nSPS) is 16.9. The van der Waals surface area contributed by atoms with Gasteiger partial charge in [0.05, 0.1) is 35.8 Å². The Kier molecular flexibility index (Phi) is 9.41. The number of sulfone groups is 1. The Labute approximate surface area is 262 Å². The first-order chi connectivity index (χ1) is 21.9. The van der Waals surface area contributed by atoms with E-state index in [4.69, 9.17) is 4.74 Å². The van der Waals surface area contributed by atoms with Gasteiger partial charge in [0, 0.05) is 66.9 Å². The average Bonchev–Trinajstić information content (AvgIpc) is 3.05. The van der Waals surface area contributed by atoms with E-state index in [1.54, 1.807) is 30.4 Å². The maximum atomic E-state index is 13.9. The van der Waals surface area contributed by atoms with E-state index in [0.717, 1.165) is 24.7 Å². The van der Waals surface area contributed by atoms with Gasteiger partial charge in [0.15, 0.2) is 15.7 Å². The Hall–Kier alpha value is -4.80. The van der Waals surface area contributed by atoms with E-state index in [1.807, 2.05) is 0 Å². The SMILES string of the molecule is CCC(=O)N(c1cnc(-c2cnc(OC)nc2)cn1)C1CCC(Nc2ncc(C(F)(F)F)c(-c3cncc(S(C)(=O)=O)c3)n2)CC1. The van der Waals surface area contributed by atoms with Crippen molar-refractivity contribution in [2.45, 2.75) is 62.2 Å². The molecule has 0 saturated heterocycles. The van der Waals surface area contributed by atoms with Gasteiger partial charge in [-0.25, -0.2) is 33.3 Å². The molecule has 242 valence electrons. The molecule has 4 aromatic rings. The molecule has 1 N–H and O–H groups in total. The number of amides is 1. The maximum absolute atomic E-state index is 13.9. The topological polar surface area (TPSA) is 166 Å². The van der Waals surface area contributed by atoms with E-state index >= 15 is 0 Å². The first-order valence-electron chi connectivity index (χ1n) is 14.2. The van der Waals surface area contributed by atoms with Crippen LogP contribution in [0.5, 0.6) is 6.01 Å². The number of anilines is 2. The smallest absolute Gasteiger partial charge is 0.419 e. The van der Waals surface area contributed by atoms with E-state index in [0.29, 0.717) is 49.0 Å². The van der Waals surface area contributed by atoms with Crippen molar-refractivity contribution in [2.75, 3.05) is 23.6 Å². The quantitative estimate of drug-likeness (QED) is 0.270. The first-order valence-corrected chi connectivity index (χ1v) is 16.1. The molecule has 0 atom stereocenters. The second-order valence-electron chi connectivity index (χ2n) is 10.6. The van der Waals surface area contributed by atoms with Gasteiger partial charge in [-0.1, -0.05) is 6.92 Å². The van der Waals surface area contributed by atoms with Crippen molar-refractivity contribution in [2.24, 2.45) is 0 Å². The molecule has 4 heterocycles. The van der Waals surface area contributed by atoms with E-state index in [9.17, 15) is 26.4 Å². The zero-order chi connectivity index (χ0) is 33.1. The molecule has 0 unspecified atom stereocenters. The van der Waals surface area contributed by atoms with Crippen LogP contribution in [-0.2, 0) is 20.8 Å². The van der Waals surface area contributed by atoms with Gasteiger partial charge in [-0.2, -0.15) is 13.2 Å². The molecule has 1 fully saturated rings. The third-order valence-corrected chi connectivity index (χ3v) is 8.55. The average molecular weight is 658 g/mol. The molecule has 0 aromatic carbocycles. The molecule has 0 radical (unpaired) electrons. The van der Waals surface area contributed by atoms with Gasteiger partial charge in [0.1, 0.15) is 5.56 Å². The van der Waals surface area contributed by atoms with Gasteiger partial charge in [-0.05, 0) is 31.7 Å². The highest BCUT2D eigenvalue weighted by molar-refractivity contribution is 7.90. The van der Waals surface area contributed by atoms with Crippen LogP contribution in [0.25, 0.3) is 22.5 Å². The number of aromatic nitrogens is 7. The van der Waals surface area contributed by atoms with Gasteiger partial charge in [0.2, 0.25) is 11.9 Å². The van der Waals surface area contributed by atoms with Gasteiger partial charge in [-0.3, -0.25) is 19.7 Å². The number of ether oxygens (including phenoxy) is 1. The lowest BCUT2D eigenvalue weighted by molar-refractivity contribution is -0.137.